The van der Waals surface area contributed by atoms with Gasteiger partial charge in [-0.1, -0.05) is 12.1 Å². The normalized spacial score (nSPS) is 16.4. The van der Waals surface area contributed by atoms with Crippen molar-refractivity contribution >= 4 is 23.4 Å². The lowest BCUT2D eigenvalue weighted by molar-refractivity contribution is -0.118. The Kier molecular flexibility index (Phi) is 4.19. The molecule has 3 heterocycles. The number of nitrogens with zero attached hydrogens (tertiary/aromatic N) is 5. The van der Waals surface area contributed by atoms with Crippen LogP contribution in [-0.2, 0) is 17.9 Å². The molecule has 9 heteroatoms. The summed E-state index contributed by atoms with van der Waals surface area (Å²) in [5.74, 6) is 1.03. The molecular formula is C21H22FN7O. The Hall–Kier alpha value is -3.49. The van der Waals surface area contributed by atoms with E-state index in [1.807, 2.05) is 29.7 Å². The molecule has 1 aliphatic heterocycles. The van der Waals surface area contributed by atoms with Crippen molar-refractivity contribution in [1.29, 1.82) is 0 Å². The summed E-state index contributed by atoms with van der Waals surface area (Å²) >= 11 is 0. The summed E-state index contributed by atoms with van der Waals surface area (Å²) in [7, 11) is 1.92. The van der Waals surface area contributed by atoms with E-state index in [4.69, 9.17) is 0 Å². The molecule has 0 atom stereocenters. The van der Waals surface area contributed by atoms with E-state index >= 15 is 0 Å². The molecule has 1 saturated carbocycles. The van der Waals surface area contributed by atoms with Gasteiger partial charge in [-0.2, -0.15) is 10.1 Å². The zero-order valence-electron chi connectivity index (χ0n) is 16.8. The third-order valence-electron chi connectivity index (χ3n) is 5.81. The maximum Gasteiger partial charge on any atom is 0.250 e. The molecule has 154 valence electrons. The second-order valence-corrected chi connectivity index (χ2v) is 7.90. The minimum atomic E-state index is -0.452. The number of carbonyl (C=O) groups excluding carboxylic acids is 1. The van der Waals surface area contributed by atoms with Gasteiger partial charge in [-0.15, -0.1) is 0 Å². The number of benzene rings is 1. The van der Waals surface area contributed by atoms with Crippen molar-refractivity contribution < 1.29 is 9.18 Å². The fourth-order valence-corrected chi connectivity index (χ4v) is 3.83. The van der Waals surface area contributed by atoms with Crippen molar-refractivity contribution in [2.45, 2.75) is 38.4 Å². The highest BCUT2D eigenvalue weighted by Crippen LogP contribution is 2.49. The first kappa shape index (κ1) is 18.5. The Morgan fingerprint density at radius 1 is 1.20 bits per heavy atom. The minimum absolute atomic E-state index is 0.0264. The lowest BCUT2D eigenvalue weighted by Gasteiger charge is -2.35. The zero-order chi connectivity index (χ0) is 20.9. The highest BCUT2D eigenvalue weighted by molar-refractivity contribution is 6.08. The number of carbonyl (C=O) groups is 1. The van der Waals surface area contributed by atoms with Gasteiger partial charge in [0.15, 0.2) is 5.82 Å². The van der Waals surface area contributed by atoms with Crippen molar-refractivity contribution in [3.05, 3.63) is 59.3 Å². The highest BCUT2D eigenvalue weighted by atomic mass is 19.1. The van der Waals surface area contributed by atoms with Crippen molar-refractivity contribution in [3.63, 3.8) is 0 Å². The average molecular weight is 407 g/mol. The molecule has 2 N–H and O–H groups in total. The van der Waals surface area contributed by atoms with E-state index in [0.717, 1.165) is 35.5 Å². The molecule has 5 rings (SSSR count). The number of hydrogen-bond acceptors (Lipinski definition) is 6. The van der Waals surface area contributed by atoms with Crippen LogP contribution in [0.5, 0.6) is 0 Å². The molecule has 8 nitrogen and oxygen atoms in total. The van der Waals surface area contributed by atoms with Gasteiger partial charge < -0.3 is 15.5 Å². The van der Waals surface area contributed by atoms with Gasteiger partial charge in [-0.05, 0) is 37.5 Å². The van der Waals surface area contributed by atoms with Crippen molar-refractivity contribution in [2.75, 3.05) is 22.6 Å². The smallest absolute Gasteiger partial charge is 0.250 e. The third-order valence-corrected chi connectivity index (χ3v) is 5.81. The number of aromatic nitrogens is 4. The van der Waals surface area contributed by atoms with Gasteiger partial charge in [0.1, 0.15) is 17.0 Å². The number of halogens is 1. The molecule has 30 heavy (non-hydrogen) atoms. The van der Waals surface area contributed by atoms with Crippen molar-refractivity contribution in [1.82, 2.24) is 19.7 Å². The van der Waals surface area contributed by atoms with E-state index in [9.17, 15) is 9.18 Å². The molecule has 0 bridgehead atoms. The van der Waals surface area contributed by atoms with Gasteiger partial charge in [-0.25, -0.2) is 9.37 Å². The van der Waals surface area contributed by atoms with Crippen molar-refractivity contribution in [2.24, 2.45) is 0 Å². The first-order chi connectivity index (χ1) is 14.4. The topological polar surface area (TPSA) is 88.0 Å². The van der Waals surface area contributed by atoms with E-state index in [1.165, 1.54) is 12.1 Å². The number of anilines is 3. The zero-order valence-corrected chi connectivity index (χ0v) is 16.8. The first-order valence-corrected chi connectivity index (χ1v) is 9.88. The molecule has 1 aromatic carbocycles. The fourth-order valence-electron chi connectivity index (χ4n) is 3.83. The third kappa shape index (κ3) is 3.16. The van der Waals surface area contributed by atoms with Crippen LogP contribution in [0.25, 0.3) is 0 Å². The maximum atomic E-state index is 13.0. The van der Waals surface area contributed by atoms with Gasteiger partial charge in [0.25, 0.3) is 0 Å². The molecule has 1 amide bonds. The van der Waals surface area contributed by atoms with Crippen LogP contribution in [0.4, 0.5) is 21.8 Å². The predicted octanol–water partition coefficient (Wildman–Crippen LogP) is 2.70. The number of likely N-dealkylation sites (N-methyl/N-ethyl adjacent to an activating group) is 1. The molecule has 1 aliphatic carbocycles. The average Bonchev–Trinajstić information content (AvgIpc) is 3.42. The Morgan fingerprint density at radius 3 is 2.70 bits per heavy atom. The maximum absolute atomic E-state index is 13.0. The van der Waals surface area contributed by atoms with Gasteiger partial charge >= 0.3 is 0 Å². The number of rotatable bonds is 5. The van der Waals surface area contributed by atoms with E-state index in [2.05, 4.69) is 25.7 Å². The van der Waals surface area contributed by atoms with Crippen LogP contribution in [0.3, 0.4) is 0 Å². The van der Waals surface area contributed by atoms with Crippen LogP contribution in [0.2, 0.25) is 0 Å². The Balaban J connectivity index is 1.29. The standard InChI is InChI=1S/C21H22FN7O/c1-13-17-18(28(2)21(7-8-21)19(30)26-17)27-20(25-13)23-9-15-10-24-29(12-15)11-14-3-5-16(22)6-4-14/h3-6,10,12H,7-9,11H2,1-2H3,(H,26,30)(H,23,25,27). The highest BCUT2D eigenvalue weighted by Gasteiger charge is 2.57. The summed E-state index contributed by atoms with van der Waals surface area (Å²) in [5, 5.41) is 10.6. The van der Waals surface area contributed by atoms with Crippen LogP contribution in [0.1, 0.15) is 29.7 Å². The lowest BCUT2D eigenvalue weighted by Crippen LogP contribution is -2.49. The van der Waals surface area contributed by atoms with Gasteiger partial charge in [0.2, 0.25) is 11.9 Å². The quantitative estimate of drug-likeness (QED) is 0.676. The molecule has 2 aromatic heterocycles. The number of amides is 1. The molecule has 0 radical (unpaired) electrons. The van der Waals surface area contributed by atoms with E-state index in [1.54, 1.807) is 18.3 Å². The van der Waals surface area contributed by atoms with Crippen LogP contribution < -0.4 is 15.5 Å². The molecule has 0 unspecified atom stereocenters. The molecule has 3 aromatic rings. The van der Waals surface area contributed by atoms with Gasteiger partial charge in [0.05, 0.1) is 18.4 Å². The summed E-state index contributed by atoms with van der Waals surface area (Å²) in [6, 6.07) is 6.39. The second-order valence-electron chi connectivity index (χ2n) is 7.90. The Labute approximate surface area is 173 Å². The summed E-state index contributed by atoms with van der Waals surface area (Å²) in [4.78, 5) is 23.5. The summed E-state index contributed by atoms with van der Waals surface area (Å²) in [5.41, 5.74) is 2.91. The van der Waals surface area contributed by atoms with E-state index < -0.39 is 5.54 Å². The van der Waals surface area contributed by atoms with E-state index in [-0.39, 0.29) is 11.7 Å². The Bertz CT molecular complexity index is 1120. The summed E-state index contributed by atoms with van der Waals surface area (Å²) in [6.45, 7) is 2.95. The Morgan fingerprint density at radius 2 is 1.97 bits per heavy atom. The van der Waals surface area contributed by atoms with E-state index in [0.29, 0.717) is 24.7 Å². The van der Waals surface area contributed by atoms with Crippen LogP contribution in [0, 0.1) is 12.7 Å². The van der Waals surface area contributed by atoms with Crippen LogP contribution in [-0.4, -0.2) is 38.2 Å². The van der Waals surface area contributed by atoms with Gasteiger partial charge in [-0.3, -0.25) is 9.48 Å². The second kappa shape index (κ2) is 6.79. The molecule has 0 saturated heterocycles. The van der Waals surface area contributed by atoms with Crippen LogP contribution in [0.15, 0.2) is 36.7 Å². The van der Waals surface area contributed by atoms with Crippen molar-refractivity contribution in [3.8, 4) is 0 Å². The first-order valence-electron chi connectivity index (χ1n) is 9.88. The fraction of sp³-hybridized carbons (Fsp3) is 0.333. The summed E-state index contributed by atoms with van der Waals surface area (Å²) in [6.07, 6.45) is 5.40. The minimum Gasteiger partial charge on any atom is -0.350 e. The van der Waals surface area contributed by atoms with Crippen LogP contribution >= 0.6 is 0 Å². The number of nitrogens with one attached hydrogen (secondary N) is 2. The number of fused-ring (bicyclic) bond motifs is 1. The number of hydrogen-bond donors (Lipinski definition) is 2. The largest absolute Gasteiger partial charge is 0.350 e. The molecule has 1 fully saturated rings. The lowest BCUT2D eigenvalue weighted by atomic mass is 10.1. The molecular weight excluding hydrogens is 385 g/mol. The van der Waals surface area contributed by atoms with Gasteiger partial charge in [0, 0.05) is 25.4 Å². The monoisotopic (exact) mass is 407 g/mol. The number of aryl methyl sites for hydroxylation is 1. The molecule has 2 aliphatic rings. The summed E-state index contributed by atoms with van der Waals surface area (Å²) < 4.78 is 14.9. The molecule has 1 spiro atoms. The SMILES string of the molecule is Cc1nc(NCc2cnn(Cc3ccc(F)cc3)c2)nc2c1NC(=O)C1(CC1)N2C. The predicted molar refractivity (Wildman–Crippen MR) is 111 cm³/mol.